The molecule has 25 heavy (non-hydrogen) atoms. The Morgan fingerprint density at radius 1 is 1.16 bits per heavy atom. The molecule has 0 radical (unpaired) electrons. The second kappa shape index (κ2) is 5.81. The molecule has 3 aromatic rings. The number of sulfonamides is 1. The SMILES string of the molecule is CCCc1ccc2cncc(-c3ccc4c(c3)CS(=O)(=O)N4C)c2n1. The summed E-state index contributed by atoms with van der Waals surface area (Å²) in [5.41, 5.74) is 5.42. The van der Waals surface area contributed by atoms with Crippen molar-refractivity contribution in [2.75, 3.05) is 11.4 Å². The molecule has 1 aliphatic heterocycles. The summed E-state index contributed by atoms with van der Waals surface area (Å²) < 4.78 is 25.5. The Morgan fingerprint density at radius 2 is 2.00 bits per heavy atom. The van der Waals surface area contributed by atoms with Crippen LogP contribution in [0.5, 0.6) is 0 Å². The average molecular weight is 353 g/mol. The van der Waals surface area contributed by atoms with Crippen molar-refractivity contribution < 1.29 is 8.42 Å². The molecule has 0 aliphatic carbocycles. The summed E-state index contributed by atoms with van der Waals surface area (Å²) in [7, 11) is -1.64. The van der Waals surface area contributed by atoms with Gasteiger partial charge in [0.05, 0.1) is 17.0 Å². The summed E-state index contributed by atoms with van der Waals surface area (Å²) in [6.45, 7) is 2.14. The second-order valence-electron chi connectivity index (χ2n) is 6.38. The van der Waals surface area contributed by atoms with Crippen LogP contribution < -0.4 is 4.31 Å². The minimum Gasteiger partial charge on any atom is -0.273 e. The van der Waals surface area contributed by atoms with Gasteiger partial charge in [-0.2, -0.15) is 0 Å². The number of aryl methyl sites for hydroxylation is 1. The minimum atomic E-state index is -3.24. The van der Waals surface area contributed by atoms with Crippen LogP contribution in [0, 0.1) is 0 Å². The fraction of sp³-hybridized carbons (Fsp3) is 0.263. The molecule has 4 rings (SSSR count). The molecule has 0 N–H and O–H groups in total. The zero-order valence-corrected chi connectivity index (χ0v) is 15.0. The van der Waals surface area contributed by atoms with Crippen LogP contribution in [0.4, 0.5) is 5.69 Å². The summed E-state index contributed by atoms with van der Waals surface area (Å²) >= 11 is 0. The smallest absolute Gasteiger partial charge is 0.239 e. The molecule has 0 atom stereocenters. The van der Waals surface area contributed by atoms with E-state index >= 15 is 0 Å². The van der Waals surface area contributed by atoms with E-state index in [1.165, 1.54) is 4.31 Å². The first-order valence-electron chi connectivity index (χ1n) is 8.33. The standard InChI is InChI=1S/C19H19N3O2S/c1-3-4-16-7-5-14-10-20-11-17(19(14)21-16)13-6-8-18-15(9-13)12-25(23,24)22(18)2/h5-11H,3-4,12H2,1-2H3. The van der Waals surface area contributed by atoms with E-state index in [0.29, 0.717) is 0 Å². The van der Waals surface area contributed by atoms with Gasteiger partial charge in [0.15, 0.2) is 0 Å². The van der Waals surface area contributed by atoms with Crippen molar-refractivity contribution in [3.63, 3.8) is 0 Å². The van der Waals surface area contributed by atoms with E-state index in [1.807, 2.05) is 30.5 Å². The van der Waals surface area contributed by atoms with Crippen molar-refractivity contribution in [2.45, 2.75) is 25.5 Å². The highest BCUT2D eigenvalue weighted by Crippen LogP contribution is 2.36. The highest BCUT2D eigenvalue weighted by Gasteiger charge is 2.30. The van der Waals surface area contributed by atoms with Gasteiger partial charge < -0.3 is 0 Å². The maximum atomic E-state index is 12.1. The summed E-state index contributed by atoms with van der Waals surface area (Å²) in [6.07, 6.45) is 5.60. The van der Waals surface area contributed by atoms with Gasteiger partial charge in [0.25, 0.3) is 0 Å². The zero-order chi connectivity index (χ0) is 17.6. The molecule has 3 heterocycles. The van der Waals surface area contributed by atoms with Gasteiger partial charge in [0.2, 0.25) is 10.0 Å². The molecule has 1 aliphatic rings. The molecular formula is C19H19N3O2S. The molecule has 0 unspecified atom stereocenters. The van der Waals surface area contributed by atoms with Crippen LogP contribution >= 0.6 is 0 Å². The largest absolute Gasteiger partial charge is 0.273 e. The Balaban J connectivity index is 1.87. The van der Waals surface area contributed by atoms with Gasteiger partial charge in [-0.25, -0.2) is 8.42 Å². The molecule has 0 saturated carbocycles. The van der Waals surface area contributed by atoms with Gasteiger partial charge in [-0.1, -0.05) is 19.4 Å². The third-order valence-corrected chi connectivity index (χ3v) is 6.35. The first-order valence-corrected chi connectivity index (χ1v) is 9.94. The number of benzene rings is 1. The number of nitrogens with zero attached hydrogens (tertiary/aromatic N) is 3. The van der Waals surface area contributed by atoms with Crippen LogP contribution in [0.3, 0.4) is 0 Å². The molecule has 2 aromatic heterocycles. The molecule has 5 nitrogen and oxygen atoms in total. The highest BCUT2D eigenvalue weighted by molar-refractivity contribution is 7.92. The molecule has 6 heteroatoms. The molecule has 0 fully saturated rings. The van der Waals surface area contributed by atoms with Crippen LogP contribution in [0.25, 0.3) is 22.0 Å². The maximum absolute atomic E-state index is 12.1. The molecule has 1 aromatic carbocycles. The third-order valence-electron chi connectivity index (χ3n) is 4.65. The van der Waals surface area contributed by atoms with Crippen LogP contribution in [0.15, 0.2) is 42.7 Å². The number of hydrogen-bond donors (Lipinski definition) is 0. The first kappa shape index (κ1) is 16.0. The summed E-state index contributed by atoms with van der Waals surface area (Å²) in [4.78, 5) is 9.14. The topological polar surface area (TPSA) is 63.2 Å². The van der Waals surface area contributed by atoms with Crippen molar-refractivity contribution in [3.05, 3.63) is 54.0 Å². The first-order chi connectivity index (χ1) is 12.0. The van der Waals surface area contributed by atoms with Crippen LogP contribution in [-0.2, 0) is 22.2 Å². The lowest BCUT2D eigenvalue weighted by molar-refractivity contribution is 0.596. The second-order valence-corrected chi connectivity index (χ2v) is 8.38. The van der Waals surface area contributed by atoms with Crippen molar-refractivity contribution in [1.82, 2.24) is 9.97 Å². The van der Waals surface area contributed by atoms with Gasteiger partial charge in [0, 0.05) is 36.1 Å². The van der Waals surface area contributed by atoms with Crippen LogP contribution in [0.2, 0.25) is 0 Å². The normalized spacial score (nSPS) is 15.5. The van der Waals surface area contributed by atoms with E-state index in [-0.39, 0.29) is 5.75 Å². The summed E-state index contributed by atoms with van der Waals surface area (Å²) in [5.74, 6) is 0.0411. The van der Waals surface area contributed by atoms with Crippen molar-refractivity contribution >= 4 is 26.6 Å². The molecule has 0 amide bonds. The monoisotopic (exact) mass is 353 g/mol. The van der Waals surface area contributed by atoms with Gasteiger partial charge in [-0.05, 0) is 41.8 Å². The predicted molar refractivity (Wildman–Crippen MR) is 100.0 cm³/mol. The lowest BCUT2D eigenvalue weighted by Gasteiger charge is -2.12. The van der Waals surface area contributed by atoms with Gasteiger partial charge >= 0.3 is 0 Å². The highest BCUT2D eigenvalue weighted by atomic mass is 32.2. The van der Waals surface area contributed by atoms with Crippen LogP contribution in [0.1, 0.15) is 24.6 Å². The molecule has 128 valence electrons. The number of aromatic nitrogens is 2. The van der Waals surface area contributed by atoms with Crippen molar-refractivity contribution in [3.8, 4) is 11.1 Å². The maximum Gasteiger partial charge on any atom is 0.239 e. The van der Waals surface area contributed by atoms with Gasteiger partial charge in [-0.15, -0.1) is 0 Å². The molecule has 0 saturated heterocycles. The Hall–Kier alpha value is -2.47. The van der Waals surface area contributed by atoms with Gasteiger partial charge in [-0.3, -0.25) is 14.3 Å². The van der Waals surface area contributed by atoms with Gasteiger partial charge in [0.1, 0.15) is 0 Å². The Morgan fingerprint density at radius 3 is 2.80 bits per heavy atom. The number of rotatable bonds is 3. The van der Waals surface area contributed by atoms with E-state index < -0.39 is 10.0 Å². The van der Waals surface area contributed by atoms with E-state index in [4.69, 9.17) is 4.98 Å². The van der Waals surface area contributed by atoms with Crippen LogP contribution in [-0.4, -0.2) is 25.4 Å². The van der Waals surface area contributed by atoms with Crippen molar-refractivity contribution in [1.29, 1.82) is 0 Å². The summed E-state index contributed by atoms with van der Waals surface area (Å²) in [5, 5.41) is 0.989. The number of anilines is 1. The number of fused-ring (bicyclic) bond motifs is 2. The molecular weight excluding hydrogens is 334 g/mol. The Bertz CT molecular complexity index is 1080. The quantitative estimate of drug-likeness (QED) is 0.723. The summed E-state index contributed by atoms with van der Waals surface area (Å²) in [6, 6.07) is 9.85. The average Bonchev–Trinajstić information content (AvgIpc) is 2.83. The molecule has 0 bridgehead atoms. The minimum absolute atomic E-state index is 0.0411. The predicted octanol–water partition coefficient (Wildman–Crippen LogP) is 3.53. The van der Waals surface area contributed by atoms with E-state index in [1.54, 1.807) is 13.2 Å². The third kappa shape index (κ3) is 2.66. The number of pyridine rings is 2. The Kier molecular flexibility index (Phi) is 3.72. The van der Waals surface area contributed by atoms with Crippen molar-refractivity contribution in [2.24, 2.45) is 0 Å². The zero-order valence-electron chi connectivity index (χ0n) is 14.2. The van der Waals surface area contributed by atoms with E-state index in [9.17, 15) is 8.42 Å². The fourth-order valence-electron chi connectivity index (χ4n) is 3.31. The Labute approximate surface area is 147 Å². The lowest BCUT2D eigenvalue weighted by Crippen LogP contribution is -2.20. The van der Waals surface area contributed by atoms with E-state index in [0.717, 1.165) is 51.8 Å². The number of hydrogen-bond acceptors (Lipinski definition) is 4. The molecule has 0 spiro atoms. The fourth-order valence-corrected chi connectivity index (χ4v) is 4.60. The lowest BCUT2D eigenvalue weighted by atomic mass is 10.0. The van der Waals surface area contributed by atoms with E-state index in [2.05, 4.69) is 18.0 Å².